The number of amides is 4. The molecule has 0 saturated carbocycles. The first-order valence-electron chi connectivity index (χ1n) is 4.72. The van der Waals surface area contributed by atoms with Crippen LogP contribution in [-0.2, 0) is 0 Å². The summed E-state index contributed by atoms with van der Waals surface area (Å²) in [5.41, 5.74) is 14.7. The van der Waals surface area contributed by atoms with Crippen LogP contribution in [0.5, 0.6) is 0 Å². The van der Waals surface area contributed by atoms with Crippen LogP contribution < -0.4 is 22.3 Å². The summed E-state index contributed by atoms with van der Waals surface area (Å²) < 4.78 is 0. The topological polar surface area (TPSA) is 148 Å². The highest BCUT2D eigenvalue weighted by atomic mass is 16.2. The normalized spacial score (nSPS) is 10.7. The third-order valence-electron chi connectivity index (χ3n) is 1.54. The van der Waals surface area contributed by atoms with Gasteiger partial charge in [-0.1, -0.05) is 6.07 Å². The maximum atomic E-state index is 10.4. The summed E-state index contributed by atoms with van der Waals surface area (Å²) in [6.07, 6.45) is 2.62. The molecule has 94 valence electrons. The standard InChI is InChI=1S/C9H11N7O2/c10-8(17)15-12-4-6-2-1-3-7(14-6)5-13-16-9(11)18/h1-5H,(H3,10,15,17)(H3,11,16,18). The first-order valence-corrected chi connectivity index (χ1v) is 4.72. The van der Waals surface area contributed by atoms with Gasteiger partial charge in [-0.25, -0.2) is 25.4 Å². The minimum absolute atomic E-state index is 0.478. The smallest absolute Gasteiger partial charge is 0.332 e. The molecule has 0 saturated heterocycles. The van der Waals surface area contributed by atoms with Gasteiger partial charge in [-0.3, -0.25) is 0 Å². The van der Waals surface area contributed by atoms with E-state index in [-0.39, 0.29) is 0 Å². The third kappa shape index (κ3) is 5.21. The number of nitrogens with one attached hydrogen (secondary N) is 2. The van der Waals surface area contributed by atoms with Gasteiger partial charge in [0.25, 0.3) is 0 Å². The van der Waals surface area contributed by atoms with Gasteiger partial charge < -0.3 is 11.5 Å². The van der Waals surface area contributed by atoms with Crippen molar-refractivity contribution in [2.45, 2.75) is 0 Å². The fourth-order valence-electron chi connectivity index (χ4n) is 0.937. The molecule has 0 fully saturated rings. The number of carbonyl (C=O) groups is 2. The summed E-state index contributed by atoms with van der Waals surface area (Å²) in [5.74, 6) is 0. The maximum absolute atomic E-state index is 10.4. The van der Waals surface area contributed by atoms with Gasteiger partial charge in [0.05, 0.1) is 23.8 Å². The van der Waals surface area contributed by atoms with Gasteiger partial charge >= 0.3 is 12.1 Å². The predicted molar refractivity (Wildman–Crippen MR) is 64.9 cm³/mol. The molecular weight excluding hydrogens is 238 g/mol. The number of nitrogens with zero attached hydrogens (tertiary/aromatic N) is 3. The number of hydrogen-bond acceptors (Lipinski definition) is 5. The van der Waals surface area contributed by atoms with E-state index in [0.29, 0.717) is 11.4 Å². The summed E-state index contributed by atoms with van der Waals surface area (Å²) >= 11 is 0. The molecule has 1 aromatic rings. The van der Waals surface area contributed by atoms with Crippen LogP contribution >= 0.6 is 0 Å². The van der Waals surface area contributed by atoms with Crippen molar-refractivity contribution in [3.05, 3.63) is 29.6 Å². The van der Waals surface area contributed by atoms with Gasteiger partial charge in [0.15, 0.2) is 0 Å². The Kier molecular flexibility index (Phi) is 4.79. The summed E-state index contributed by atoms with van der Waals surface area (Å²) in [7, 11) is 0. The van der Waals surface area contributed by atoms with Crippen LogP contribution in [0.3, 0.4) is 0 Å². The minimum atomic E-state index is -0.769. The Hall–Kier alpha value is -2.97. The molecule has 0 aliphatic heterocycles. The van der Waals surface area contributed by atoms with Crippen molar-refractivity contribution in [3.63, 3.8) is 0 Å². The van der Waals surface area contributed by atoms with Crippen molar-refractivity contribution >= 4 is 24.5 Å². The SMILES string of the molecule is NC(=O)NN=Cc1cccc(C=NNC(N)=O)n1. The van der Waals surface area contributed by atoms with Crippen LogP contribution in [0, 0.1) is 0 Å². The molecule has 0 aromatic carbocycles. The molecule has 0 atom stereocenters. The van der Waals surface area contributed by atoms with E-state index in [1.54, 1.807) is 18.2 Å². The fourth-order valence-corrected chi connectivity index (χ4v) is 0.937. The van der Waals surface area contributed by atoms with E-state index in [4.69, 9.17) is 11.5 Å². The molecule has 9 heteroatoms. The highest BCUT2D eigenvalue weighted by Crippen LogP contribution is 1.94. The predicted octanol–water partition coefficient (Wildman–Crippen LogP) is -0.914. The molecule has 1 heterocycles. The Morgan fingerprint density at radius 3 is 1.89 bits per heavy atom. The lowest BCUT2D eigenvalue weighted by Gasteiger charge is -1.96. The molecule has 1 rings (SSSR count). The third-order valence-corrected chi connectivity index (χ3v) is 1.54. The molecule has 0 spiro atoms. The summed E-state index contributed by atoms with van der Waals surface area (Å²) in [6, 6.07) is 3.48. The van der Waals surface area contributed by atoms with Gasteiger partial charge in [0.2, 0.25) is 0 Å². The van der Waals surface area contributed by atoms with Gasteiger partial charge in [0.1, 0.15) is 0 Å². The van der Waals surface area contributed by atoms with Crippen LogP contribution in [0.1, 0.15) is 11.4 Å². The Balaban J connectivity index is 2.67. The molecule has 0 bridgehead atoms. The second-order valence-electron chi connectivity index (χ2n) is 2.96. The van der Waals surface area contributed by atoms with Crippen molar-refractivity contribution in [2.75, 3.05) is 0 Å². The lowest BCUT2D eigenvalue weighted by Crippen LogP contribution is -2.24. The van der Waals surface area contributed by atoms with Gasteiger partial charge in [-0.2, -0.15) is 10.2 Å². The van der Waals surface area contributed by atoms with Crippen molar-refractivity contribution in [3.8, 4) is 0 Å². The van der Waals surface area contributed by atoms with E-state index in [1.807, 2.05) is 10.9 Å². The molecule has 0 aliphatic carbocycles. The Labute approximate surface area is 102 Å². The van der Waals surface area contributed by atoms with Crippen LogP contribution in [0.15, 0.2) is 28.4 Å². The molecule has 4 amide bonds. The minimum Gasteiger partial charge on any atom is -0.350 e. The van der Waals surface area contributed by atoms with Crippen LogP contribution in [0.25, 0.3) is 0 Å². The van der Waals surface area contributed by atoms with E-state index >= 15 is 0 Å². The molecule has 0 radical (unpaired) electrons. The molecular formula is C9H11N7O2. The first-order chi connectivity index (χ1) is 8.58. The second-order valence-corrected chi connectivity index (χ2v) is 2.96. The van der Waals surface area contributed by atoms with E-state index in [9.17, 15) is 9.59 Å². The van der Waals surface area contributed by atoms with Crippen LogP contribution in [0.4, 0.5) is 9.59 Å². The monoisotopic (exact) mass is 249 g/mol. The van der Waals surface area contributed by atoms with Crippen molar-refractivity contribution in [1.29, 1.82) is 0 Å². The van der Waals surface area contributed by atoms with E-state index in [0.717, 1.165) is 0 Å². The highest BCUT2D eigenvalue weighted by Gasteiger charge is 1.93. The second kappa shape index (κ2) is 6.58. The number of rotatable bonds is 4. The zero-order valence-corrected chi connectivity index (χ0v) is 9.20. The van der Waals surface area contributed by atoms with E-state index < -0.39 is 12.1 Å². The lowest BCUT2D eigenvalue weighted by molar-refractivity contribution is 0.248. The summed E-state index contributed by atoms with van der Waals surface area (Å²) in [6.45, 7) is 0. The summed E-state index contributed by atoms with van der Waals surface area (Å²) in [5, 5.41) is 7.09. The Morgan fingerprint density at radius 1 is 1.06 bits per heavy atom. The van der Waals surface area contributed by atoms with Crippen LogP contribution in [0.2, 0.25) is 0 Å². The van der Waals surface area contributed by atoms with Crippen molar-refractivity contribution in [1.82, 2.24) is 15.8 Å². The Morgan fingerprint density at radius 2 is 1.50 bits per heavy atom. The molecule has 6 N–H and O–H groups in total. The number of pyridine rings is 1. The van der Waals surface area contributed by atoms with Crippen molar-refractivity contribution < 1.29 is 9.59 Å². The number of urea groups is 2. The molecule has 18 heavy (non-hydrogen) atoms. The molecule has 0 aliphatic rings. The molecule has 9 nitrogen and oxygen atoms in total. The quantitative estimate of drug-likeness (QED) is 0.404. The maximum Gasteiger partial charge on any atom is 0.332 e. The number of carbonyl (C=O) groups excluding carboxylic acids is 2. The molecule has 0 unspecified atom stereocenters. The highest BCUT2D eigenvalue weighted by molar-refractivity contribution is 5.83. The zero-order valence-electron chi connectivity index (χ0n) is 9.20. The fraction of sp³-hybridized carbons (Fsp3) is 0. The average Bonchev–Trinajstić information content (AvgIpc) is 2.28. The zero-order chi connectivity index (χ0) is 13.4. The number of aromatic nitrogens is 1. The van der Waals surface area contributed by atoms with Crippen molar-refractivity contribution in [2.24, 2.45) is 21.7 Å². The number of hydrogen-bond donors (Lipinski definition) is 4. The Bertz CT molecular complexity index is 456. The van der Waals surface area contributed by atoms with Crippen LogP contribution in [-0.4, -0.2) is 29.5 Å². The van der Waals surface area contributed by atoms with Gasteiger partial charge in [-0.05, 0) is 12.1 Å². The van der Waals surface area contributed by atoms with E-state index in [2.05, 4.69) is 15.2 Å². The lowest BCUT2D eigenvalue weighted by atomic mass is 10.3. The number of hydrazone groups is 2. The van der Waals surface area contributed by atoms with Gasteiger partial charge in [0, 0.05) is 0 Å². The first kappa shape index (κ1) is 13.1. The average molecular weight is 249 g/mol. The van der Waals surface area contributed by atoms with Gasteiger partial charge in [-0.15, -0.1) is 0 Å². The largest absolute Gasteiger partial charge is 0.350 e. The van der Waals surface area contributed by atoms with E-state index in [1.165, 1.54) is 12.4 Å². The molecule has 1 aromatic heterocycles. The summed E-state index contributed by atoms with van der Waals surface area (Å²) in [4.78, 5) is 24.8. The number of primary amides is 2. The number of nitrogens with two attached hydrogens (primary N) is 2.